The molecular weight excluding hydrogens is 422 g/mol. The van der Waals surface area contributed by atoms with E-state index in [2.05, 4.69) is 10.4 Å². The number of nitrogens with zero attached hydrogens (tertiary/aromatic N) is 2. The number of aliphatic hydroxyl groups excluding tert-OH is 1. The number of nitrogens with one attached hydrogen (secondary N) is 1. The van der Waals surface area contributed by atoms with E-state index < -0.39 is 24.0 Å². The third-order valence-electron chi connectivity index (χ3n) is 4.81. The second-order valence-corrected chi connectivity index (χ2v) is 7.62. The summed E-state index contributed by atoms with van der Waals surface area (Å²) in [6, 6.07) is 15.5. The van der Waals surface area contributed by atoms with Gasteiger partial charge in [0.05, 0.1) is 0 Å². The van der Waals surface area contributed by atoms with Crippen LogP contribution in [-0.2, 0) is 18.3 Å². The number of carboxylic acid groups (broad SMARTS) is 1. The number of benzene rings is 2. The van der Waals surface area contributed by atoms with Crippen molar-refractivity contribution in [3.63, 3.8) is 0 Å². The Bertz CT molecular complexity index is 1060. The second kappa shape index (κ2) is 9.63. The molecule has 3 rings (SSSR count). The fourth-order valence-corrected chi connectivity index (χ4v) is 3.37. The van der Waals surface area contributed by atoms with Crippen LogP contribution >= 0.6 is 11.6 Å². The van der Waals surface area contributed by atoms with Crippen molar-refractivity contribution in [3.05, 3.63) is 70.9 Å². The van der Waals surface area contributed by atoms with E-state index in [4.69, 9.17) is 16.7 Å². The van der Waals surface area contributed by atoms with Crippen LogP contribution in [0.25, 0.3) is 11.1 Å². The van der Waals surface area contributed by atoms with Crippen LogP contribution in [0.15, 0.2) is 54.6 Å². The molecule has 0 aliphatic rings. The highest BCUT2D eigenvalue weighted by atomic mass is 35.5. The van der Waals surface area contributed by atoms with Gasteiger partial charge in [-0.3, -0.25) is 4.79 Å². The second-order valence-electron chi connectivity index (χ2n) is 7.18. The minimum Gasteiger partial charge on any atom is -0.493 e. The molecule has 1 amide bonds. The number of carboxylic acids is 1. The summed E-state index contributed by atoms with van der Waals surface area (Å²) >= 11 is 6.04. The standard InChI is InChI=1S/C22H22ClN3O5/c1-26-20(28)12-18(25-26)21(29)24-17(11-19(27)22(30)31)9-13-5-7-14(8-6-13)15-3-2-4-16(23)10-15/h2-8,10,12,17,19,27-28H,9,11H2,1H3,(H,24,29)(H,30,31)/t17-,19?/m1/s1. The van der Waals surface area contributed by atoms with Crippen molar-refractivity contribution in [2.24, 2.45) is 7.05 Å². The third kappa shape index (κ3) is 5.84. The predicted octanol–water partition coefficient (Wildman–Crippen LogP) is 2.62. The number of amides is 1. The molecule has 4 N–H and O–H groups in total. The first kappa shape index (κ1) is 22.3. The quantitative estimate of drug-likeness (QED) is 0.424. The van der Waals surface area contributed by atoms with E-state index in [-0.39, 0.29) is 18.0 Å². The Kier molecular flexibility index (Phi) is 6.94. The predicted molar refractivity (Wildman–Crippen MR) is 115 cm³/mol. The molecule has 0 fully saturated rings. The summed E-state index contributed by atoms with van der Waals surface area (Å²) in [6.45, 7) is 0. The number of carbonyl (C=O) groups excluding carboxylic acids is 1. The first-order valence-electron chi connectivity index (χ1n) is 9.52. The number of hydrogen-bond acceptors (Lipinski definition) is 5. The zero-order valence-electron chi connectivity index (χ0n) is 16.7. The van der Waals surface area contributed by atoms with Crippen LogP contribution in [0.5, 0.6) is 5.88 Å². The molecule has 1 heterocycles. The van der Waals surface area contributed by atoms with E-state index in [1.807, 2.05) is 42.5 Å². The van der Waals surface area contributed by atoms with Gasteiger partial charge in [-0.1, -0.05) is 48.0 Å². The Morgan fingerprint density at radius 3 is 2.42 bits per heavy atom. The highest BCUT2D eigenvalue weighted by Gasteiger charge is 2.23. The van der Waals surface area contributed by atoms with E-state index in [1.165, 1.54) is 13.1 Å². The van der Waals surface area contributed by atoms with Gasteiger partial charge in [-0.2, -0.15) is 5.10 Å². The Balaban J connectivity index is 1.76. The van der Waals surface area contributed by atoms with Crippen molar-refractivity contribution >= 4 is 23.5 Å². The Morgan fingerprint density at radius 1 is 1.13 bits per heavy atom. The van der Waals surface area contributed by atoms with Gasteiger partial charge in [-0.15, -0.1) is 0 Å². The number of aliphatic carboxylic acids is 1. The lowest BCUT2D eigenvalue weighted by Crippen LogP contribution is -2.40. The third-order valence-corrected chi connectivity index (χ3v) is 5.04. The number of hydrogen-bond donors (Lipinski definition) is 4. The van der Waals surface area contributed by atoms with Crippen molar-refractivity contribution in [1.29, 1.82) is 0 Å². The molecule has 0 saturated carbocycles. The number of aryl methyl sites for hydroxylation is 1. The van der Waals surface area contributed by atoms with Gasteiger partial charge >= 0.3 is 5.97 Å². The van der Waals surface area contributed by atoms with E-state index in [9.17, 15) is 19.8 Å². The molecule has 0 aliphatic carbocycles. The maximum atomic E-state index is 12.5. The lowest BCUT2D eigenvalue weighted by molar-refractivity contribution is -0.147. The lowest BCUT2D eigenvalue weighted by atomic mass is 9.97. The average molecular weight is 444 g/mol. The van der Waals surface area contributed by atoms with Crippen molar-refractivity contribution < 1.29 is 24.9 Å². The first-order valence-corrected chi connectivity index (χ1v) is 9.90. The van der Waals surface area contributed by atoms with Crippen molar-refractivity contribution in [2.75, 3.05) is 0 Å². The van der Waals surface area contributed by atoms with Crippen molar-refractivity contribution in [2.45, 2.75) is 25.0 Å². The number of halogens is 1. The number of rotatable bonds is 8. The topological polar surface area (TPSA) is 125 Å². The molecule has 0 spiro atoms. The summed E-state index contributed by atoms with van der Waals surface area (Å²) in [5.41, 5.74) is 2.75. The maximum Gasteiger partial charge on any atom is 0.332 e. The van der Waals surface area contributed by atoms with Gasteiger partial charge in [0, 0.05) is 30.6 Å². The monoisotopic (exact) mass is 443 g/mol. The number of carbonyl (C=O) groups is 2. The smallest absolute Gasteiger partial charge is 0.332 e. The van der Waals surface area contributed by atoms with Gasteiger partial charge < -0.3 is 20.6 Å². The summed E-state index contributed by atoms with van der Waals surface area (Å²) in [5, 5.41) is 35.7. The zero-order valence-corrected chi connectivity index (χ0v) is 17.5. The Labute approximate surface area is 183 Å². The van der Waals surface area contributed by atoms with Crippen LogP contribution in [0.4, 0.5) is 0 Å². The lowest BCUT2D eigenvalue weighted by Gasteiger charge is -2.20. The van der Waals surface area contributed by atoms with Crippen LogP contribution in [-0.4, -0.2) is 49.1 Å². The van der Waals surface area contributed by atoms with E-state index in [0.29, 0.717) is 11.4 Å². The van der Waals surface area contributed by atoms with Crippen molar-refractivity contribution in [1.82, 2.24) is 15.1 Å². The number of aliphatic hydroxyl groups is 1. The van der Waals surface area contributed by atoms with Gasteiger partial charge in [0.2, 0.25) is 5.88 Å². The van der Waals surface area contributed by atoms with Crippen LogP contribution in [0, 0.1) is 0 Å². The highest BCUT2D eigenvalue weighted by molar-refractivity contribution is 6.30. The zero-order chi connectivity index (χ0) is 22.5. The van der Waals surface area contributed by atoms with Gasteiger partial charge in [0.15, 0.2) is 11.8 Å². The molecule has 0 saturated heterocycles. The minimum absolute atomic E-state index is 0.00822. The average Bonchev–Trinajstić information content (AvgIpc) is 3.07. The fourth-order valence-electron chi connectivity index (χ4n) is 3.18. The molecule has 9 heteroatoms. The highest BCUT2D eigenvalue weighted by Crippen LogP contribution is 2.23. The molecule has 0 aliphatic heterocycles. The largest absolute Gasteiger partial charge is 0.493 e. The Morgan fingerprint density at radius 2 is 1.84 bits per heavy atom. The normalized spacial score (nSPS) is 12.9. The molecule has 31 heavy (non-hydrogen) atoms. The van der Waals surface area contributed by atoms with Gasteiger partial charge in [-0.05, 0) is 35.2 Å². The van der Waals surface area contributed by atoms with Crippen LogP contribution < -0.4 is 5.32 Å². The first-order chi connectivity index (χ1) is 14.7. The van der Waals surface area contributed by atoms with Crippen molar-refractivity contribution in [3.8, 4) is 17.0 Å². The summed E-state index contributed by atoms with van der Waals surface area (Å²) in [6.07, 6.45) is -1.52. The van der Waals surface area contributed by atoms with Gasteiger partial charge in [0.25, 0.3) is 5.91 Å². The molecule has 162 valence electrons. The van der Waals surface area contributed by atoms with E-state index in [0.717, 1.165) is 21.4 Å². The summed E-state index contributed by atoms with van der Waals surface area (Å²) in [4.78, 5) is 23.6. The van der Waals surface area contributed by atoms with Gasteiger partial charge in [-0.25, -0.2) is 9.48 Å². The Hall–Kier alpha value is -3.36. The molecule has 2 atom stereocenters. The SMILES string of the molecule is Cn1nc(C(=O)N[C@H](Cc2ccc(-c3cccc(Cl)c3)cc2)CC(O)C(=O)O)cc1O. The van der Waals surface area contributed by atoms with E-state index >= 15 is 0 Å². The molecule has 3 aromatic rings. The van der Waals surface area contributed by atoms with Crippen LogP contribution in [0.3, 0.4) is 0 Å². The summed E-state index contributed by atoms with van der Waals surface area (Å²) in [7, 11) is 1.49. The summed E-state index contributed by atoms with van der Waals surface area (Å²) in [5.74, 6) is -2.12. The number of aromatic hydroxyl groups is 1. The minimum atomic E-state index is -1.63. The molecule has 0 radical (unpaired) electrons. The summed E-state index contributed by atoms with van der Waals surface area (Å²) < 4.78 is 1.14. The fraction of sp³-hybridized carbons (Fsp3) is 0.227. The van der Waals surface area contributed by atoms with Crippen LogP contribution in [0.2, 0.25) is 5.02 Å². The molecule has 2 aromatic carbocycles. The van der Waals surface area contributed by atoms with Gasteiger partial charge in [0.1, 0.15) is 0 Å². The van der Waals surface area contributed by atoms with E-state index in [1.54, 1.807) is 6.07 Å². The molecule has 1 unspecified atom stereocenters. The molecule has 8 nitrogen and oxygen atoms in total. The van der Waals surface area contributed by atoms with Crippen LogP contribution in [0.1, 0.15) is 22.5 Å². The molecule has 1 aromatic heterocycles. The number of aromatic nitrogens is 2. The molecule has 0 bridgehead atoms. The maximum absolute atomic E-state index is 12.5. The molecular formula is C22H22ClN3O5.